The first-order valence-corrected chi connectivity index (χ1v) is 9.59. The van der Waals surface area contributed by atoms with Gasteiger partial charge in [-0.25, -0.2) is 13.4 Å². The largest absolute Gasteiger partial charge is 0.340 e. The molecule has 8 heteroatoms. The molecule has 1 aromatic carbocycles. The zero-order chi connectivity index (χ0) is 18.9. The van der Waals surface area contributed by atoms with Crippen molar-refractivity contribution in [3.63, 3.8) is 0 Å². The molecule has 7 nitrogen and oxygen atoms in total. The van der Waals surface area contributed by atoms with Crippen LogP contribution in [0, 0.1) is 27.7 Å². The highest BCUT2D eigenvalue weighted by Gasteiger charge is 2.22. The van der Waals surface area contributed by atoms with Gasteiger partial charge >= 0.3 is 0 Å². The Morgan fingerprint density at radius 1 is 0.962 bits per heavy atom. The molecule has 0 aliphatic carbocycles. The van der Waals surface area contributed by atoms with Crippen LogP contribution in [0.25, 0.3) is 0 Å². The number of rotatable bonds is 5. The molecular formula is C18H21N5O2S. The number of hydrogen-bond donors (Lipinski definition) is 3. The predicted molar refractivity (Wildman–Crippen MR) is 102 cm³/mol. The van der Waals surface area contributed by atoms with Gasteiger partial charge in [0.15, 0.2) is 0 Å². The van der Waals surface area contributed by atoms with E-state index in [1.807, 2.05) is 25.1 Å². The number of pyridine rings is 1. The number of anilines is 3. The lowest BCUT2D eigenvalue weighted by atomic mass is 10.1. The normalized spacial score (nSPS) is 11.4. The lowest BCUT2D eigenvalue weighted by molar-refractivity contribution is 0.600. The molecule has 136 valence electrons. The summed E-state index contributed by atoms with van der Waals surface area (Å²) in [5, 5.41) is 9.81. The second-order valence-corrected chi connectivity index (χ2v) is 7.84. The van der Waals surface area contributed by atoms with Crippen molar-refractivity contribution in [2.75, 3.05) is 10.0 Å². The van der Waals surface area contributed by atoms with Gasteiger partial charge in [-0.2, -0.15) is 5.10 Å². The summed E-state index contributed by atoms with van der Waals surface area (Å²) in [6.07, 6.45) is 1.48. The van der Waals surface area contributed by atoms with Gasteiger partial charge in [0, 0.05) is 5.69 Å². The Bertz CT molecular complexity index is 1020. The van der Waals surface area contributed by atoms with E-state index in [9.17, 15) is 8.42 Å². The molecule has 3 aromatic rings. The summed E-state index contributed by atoms with van der Waals surface area (Å²) >= 11 is 0. The number of hydrogen-bond acceptors (Lipinski definition) is 5. The molecule has 0 spiro atoms. The minimum atomic E-state index is -3.72. The van der Waals surface area contributed by atoms with Crippen molar-refractivity contribution in [1.82, 2.24) is 15.2 Å². The number of H-pyrrole nitrogens is 1. The maximum atomic E-state index is 12.5. The molecule has 3 N–H and O–H groups in total. The van der Waals surface area contributed by atoms with E-state index >= 15 is 0 Å². The van der Waals surface area contributed by atoms with Gasteiger partial charge in [0.1, 0.15) is 10.7 Å². The molecule has 0 bridgehead atoms. The zero-order valence-electron chi connectivity index (χ0n) is 15.1. The summed E-state index contributed by atoms with van der Waals surface area (Å²) in [7, 11) is -3.72. The molecule has 0 aliphatic rings. The van der Waals surface area contributed by atoms with Crippen LogP contribution in [0.2, 0.25) is 0 Å². The van der Waals surface area contributed by atoms with E-state index < -0.39 is 10.0 Å². The van der Waals surface area contributed by atoms with Crippen molar-refractivity contribution >= 4 is 27.2 Å². The molecule has 0 aliphatic heterocycles. The average Bonchev–Trinajstić information content (AvgIpc) is 2.92. The molecule has 0 radical (unpaired) electrons. The highest BCUT2D eigenvalue weighted by Crippen LogP contribution is 2.22. The Morgan fingerprint density at radius 2 is 1.69 bits per heavy atom. The van der Waals surface area contributed by atoms with Gasteiger partial charge in [-0.15, -0.1) is 0 Å². The Balaban J connectivity index is 1.76. The maximum Gasteiger partial charge on any atom is 0.265 e. The molecule has 0 saturated heterocycles. The molecule has 0 amide bonds. The van der Waals surface area contributed by atoms with Crippen LogP contribution in [0.4, 0.5) is 17.2 Å². The topological polar surface area (TPSA) is 99.8 Å². The molecule has 0 saturated carbocycles. The predicted octanol–water partition coefficient (Wildman–Crippen LogP) is 3.58. The van der Waals surface area contributed by atoms with Crippen LogP contribution >= 0.6 is 0 Å². The average molecular weight is 371 g/mol. The fraction of sp³-hybridized carbons (Fsp3) is 0.222. The van der Waals surface area contributed by atoms with E-state index in [-0.39, 0.29) is 4.90 Å². The van der Waals surface area contributed by atoms with Gasteiger partial charge in [0.05, 0.1) is 23.3 Å². The Labute approximate surface area is 152 Å². The summed E-state index contributed by atoms with van der Waals surface area (Å²) in [5.41, 5.74) is 4.64. The first-order chi connectivity index (χ1) is 12.3. The standard InChI is InChI=1S/C18H21N5O2S/c1-11-5-6-15(9-12(11)2)20-17-8-7-16(10-19-17)23-26(24,25)18-13(3)21-22-14(18)4/h5-10,23H,1-4H3,(H,19,20)(H,21,22). The van der Waals surface area contributed by atoms with E-state index in [1.54, 1.807) is 26.0 Å². The first-order valence-electron chi connectivity index (χ1n) is 8.11. The minimum absolute atomic E-state index is 0.162. The van der Waals surface area contributed by atoms with Crippen LogP contribution in [0.15, 0.2) is 41.4 Å². The van der Waals surface area contributed by atoms with Crippen molar-refractivity contribution in [3.05, 3.63) is 59.0 Å². The third-order valence-electron chi connectivity index (χ3n) is 4.12. The number of nitrogens with zero attached hydrogens (tertiary/aromatic N) is 2. The Kier molecular flexibility index (Phi) is 4.69. The van der Waals surface area contributed by atoms with Crippen LogP contribution in [0.3, 0.4) is 0 Å². The smallest absolute Gasteiger partial charge is 0.265 e. The molecule has 3 rings (SSSR count). The highest BCUT2D eigenvalue weighted by atomic mass is 32.2. The third-order valence-corrected chi connectivity index (χ3v) is 5.77. The number of aryl methyl sites for hydroxylation is 4. The van der Waals surface area contributed by atoms with Gasteiger partial charge < -0.3 is 5.32 Å². The van der Waals surface area contributed by atoms with Crippen LogP contribution in [-0.2, 0) is 10.0 Å². The second kappa shape index (κ2) is 6.80. The summed E-state index contributed by atoms with van der Waals surface area (Å²) in [6, 6.07) is 9.44. The number of benzene rings is 1. The van der Waals surface area contributed by atoms with Crippen LogP contribution in [-0.4, -0.2) is 23.6 Å². The zero-order valence-corrected chi connectivity index (χ0v) is 15.9. The molecule has 0 fully saturated rings. The van der Waals surface area contributed by atoms with Crippen LogP contribution in [0.1, 0.15) is 22.5 Å². The SMILES string of the molecule is Cc1ccc(Nc2ccc(NS(=O)(=O)c3c(C)n[nH]c3C)cn2)cc1C. The Hall–Kier alpha value is -2.87. The van der Waals surface area contributed by atoms with Gasteiger partial charge in [-0.1, -0.05) is 6.07 Å². The summed E-state index contributed by atoms with van der Waals surface area (Å²) in [4.78, 5) is 4.44. The molecule has 0 unspecified atom stereocenters. The monoisotopic (exact) mass is 371 g/mol. The molecule has 2 heterocycles. The lowest BCUT2D eigenvalue weighted by Gasteiger charge is -2.10. The summed E-state index contributed by atoms with van der Waals surface area (Å²) in [6.45, 7) is 7.42. The fourth-order valence-electron chi connectivity index (χ4n) is 2.64. The second-order valence-electron chi connectivity index (χ2n) is 6.22. The molecule has 26 heavy (non-hydrogen) atoms. The van der Waals surface area contributed by atoms with Gasteiger partial charge in [-0.3, -0.25) is 9.82 Å². The summed E-state index contributed by atoms with van der Waals surface area (Å²) < 4.78 is 27.6. The number of aromatic amines is 1. The number of sulfonamides is 1. The highest BCUT2D eigenvalue weighted by molar-refractivity contribution is 7.92. The van der Waals surface area contributed by atoms with E-state index in [2.05, 4.69) is 32.1 Å². The van der Waals surface area contributed by atoms with Crippen molar-refractivity contribution in [2.45, 2.75) is 32.6 Å². The van der Waals surface area contributed by atoms with Crippen LogP contribution in [0.5, 0.6) is 0 Å². The van der Waals surface area contributed by atoms with E-state index in [4.69, 9.17) is 0 Å². The van der Waals surface area contributed by atoms with Crippen molar-refractivity contribution in [3.8, 4) is 0 Å². The van der Waals surface area contributed by atoms with Crippen molar-refractivity contribution in [1.29, 1.82) is 0 Å². The van der Waals surface area contributed by atoms with Gasteiger partial charge in [0.25, 0.3) is 10.0 Å². The first kappa shape index (κ1) is 17.9. The number of nitrogens with one attached hydrogen (secondary N) is 3. The lowest BCUT2D eigenvalue weighted by Crippen LogP contribution is -2.14. The molecular weight excluding hydrogens is 350 g/mol. The quantitative estimate of drug-likeness (QED) is 0.636. The maximum absolute atomic E-state index is 12.5. The van der Waals surface area contributed by atoms with E-state index in [1.165, 1.54) is 17.3 Å². The third kappa shape index (κ3) is 3.70. The van der Waals surface area contributed by atoms with Crippen molar-refractivity contribution < 1.29 is 8.42 Å². The summed E-state index contributed by atoms with van der Waals surface area (Å²) in [5.74, 6) is 0.631. The van der Waals surface area contributed by atoms with Gasteiger partial charge in [0.2, 0.25) is 0 Å². The fourth-order valence-corrected chi connectivity index (χ4v) is 4.05. The minimum Gasteiger partial charge on any atom is -0.340 e. The Morgan fingerprint density at radius 3 is 2.27 bits per heavy atom. The van der Waals surface area contributed by atoms with Crippen molar-refractivity contribution in [2.24, 2.45) is 0 Å². The van der Waals surface area contributed by atoms with E-state index in [0.717, 1.165) is 5.69 Å². The van der Waals surface area contributed by atoms with Gasteiger partial charge in [-0.05, 0) is 63.1 Å². The molecule has 2 aromatic heterocycles. The number of aromatic nitrogens is 3. The molecule has 0 atom stereocenters. The van der Waals surface area contributed by atoms with Crippen LogP contribution < -0.4 is 10.0 Å². The van der Waals surface area contributed by atoms with E-state index in [0.29, 0.717) is 22.9 Å².